The molecule has 0 aliphatic rings. The molecule has 0 atom stereocenters. The Kier molecular flexibility index (Phi) is 11.5. The minimum atomic E-state index is -1.90. The molecule has 0 aromatic heterocycles. The highest BCUT2D eigenvalue weighted by molar-refractivity contribution is 5.92. The van der Waals surface area contributed by atoms with E-state index in [1.807, 2.05) is 0 Å². The number of benzene rings is 3. The van der Waals surface area contributed by atoms with Crippen LogP contribution in [0.1, 0.15) is 20.7 Å². The van der Waals surface area contributed by atoms with E-state index in [1.54, 1.807) is 0 Å². The molecular formula is C30H23F3O10. The third-order valence-corrected chi connectivity index (χ3v) is 5.19. The maximum atomic E-state index is 14.6. The second-order valence-electron chi connectivity index (χ2n) is 8.08. The topological polar surface area (TPSA) is 124 Å². The fourth-order valence-corrected chi connectivity index (χ4v) is 3.13. The standard InChI is InChI=1S/C30H23F3O10/c1-3-24(34)40-15-13-38-20-9-5-18(6-10-20)29(36)42-23-17-22(31)28(27(33)26(23)32)43-30(37)19-7-11-21(12-8-19)39-14-16-41-25(35)4-2/h3-12,17H,1-2,13-16H2. The van der Waals surface area contributed by atoms with E-state index in [4.69, 9.17) is 28.4 Å². The lowest BCUT2D eigenvalue weighted by Crippen LogP contribution is -2.14. The first-order valence-corrected chi connectivity index (χ1v) is 12.3. The van der Waals surface area contributed by atoms with E-state index < -0.39 is 52.8 Å². The summed E-state index contributed by atoms with van der Waals surface area (Å²) in [6, 6.07) is 10.7. The first-order valence-electron chi connectivity index (χ1n) is 12.3. The molecule has 0 radical (unpaired) electrons. The van der Waals surface area contributed by atoms with Gasteiger partial charge in [-0.25, -0.2) is 23.6 Å². The molecule has 0 saturated carbocycles. The van der Waals surface area contributed by atoms with Crippen LogP contribution in [0, 0.1) is 17.5 Å². The summed E-state index contributed by atoms with van der Waals surface area (Å²) in [7, 11) is 0. The SMILES string of the molecule is C=CC(=O)OCCOc1ccc(C(=O)Oc2cc(F)c(OC(=O)c3ccc(OCCOC(=O)C=C)cc3)c(F)c2F)cc1. The van der Waals surface area contributed by atoms with E-state index in [-0.39, 0.29) is 43.3 Å². The van der Waals surface area contributed by atoms with Crippen molar-refractivity contribution in [2.45, 2.75) is 0 Å². The maximum absolute atomic E-state index is 14.6. The minimum absolute atomic E-state index is 0.00627. The van der Waals surface area contributed by atoms with Crippen LogP contribution in [0.3, 0.4) is 0 Å². The van der Waals surface area contributed by atoms with Crippen LogP contribution < -0.4 is 18.9 Å². The van der Waals surface area contributed by atoms with Crippen molar-refractivity contribution < 1.29 is 60.8 Å². The lowest BCUT2D eigenvalue weighted by atomic mass is 10.2. The van der Waals surface area contributed by atoms with Gasteiger partial charge in [-0.1, -0.05) is 13.2 Å². The lowest BCUT2D eigenvalue weighted by molar-refractivity contribution is -0.139. The zero-order chi connectivity index (χ0) is 31.4. The van der Waals surface area contributed by atoms with Crippen molar-refractivity contribution in [1.29, 1.82) is 0 Å². The molecule has 0 amide bonds. The summed E-state index contributed by atoms with van der Waals surface area (Å²) < 4.78 is 73.6. The summed E-state index contributed by atoms with van der Waals surface area (Å²) in [5, 5.41) is 0. The number of halogens is 3. The first kappa shape index (κ1) is 31.9. The van der Waals surface area contributed by atoms with Crippen molar-refractivity contribution in [3.63, 3.8) is 0 Å². The average molecular weight is 600 g/mol. The van der Waals surface area contributed by atoms with Gasteiger partial charge in [0.1, 0.15) is 37.9 Å². The van der Waals surface area contributed by atoms with Crippen molar-refractivity contribution in [3.8, 4) is 23.0 Å². The van der Waals surface area contributed by atoms with Crippen LogP contribution in [0.5, 0.6) is 23.0 Å². The predicted octanol–water partition coefficient (Wildman–Crippen LogP) is 4.76. The molecule has 224 valence electrons. The lowest BCUT2D eigenvalue weighted by Gasteiger charge is -2.12. The third-order valence-electron chi connectivity index (χ3n) is 5.19. The number of hydrogen-bond acceptors (Lipinski definition) is 10. The molecule has 0 heterocycles. The quantitative estimate of drug-likeness (QED) is 0.0841. The van der Waals surface area contributed by atoms with Crippen LogP contribution in [0.2, 0.25) is 0 Å². The van der Waals surface area contributed by atoms with Crippen molar-refractivity contribution in [3.05, 3.63) is 108 Å². The summed E-state index contributed by atoms with van der Waals surface area (Å²) in [5.41, 5.74) is -0.253. The number of esters is 4. The highest BCUT2D eigenvalue weighted by Crippen LogP contribution is 2.32. The first-order chi connectivity index (χ1) is 20.6. The van der Waals surface area contributed by atoms with Crippen molar-refractivity contribution in [2.75, 3.05) is 26.4 Å². The Bertz CT molecular complexity index is 1500. The Balaban J connectivity index is 1.58. The van der Waals surface area contributed by atoms with Crippen LogP contribution in [0.25, 0.3) is 0 Å². The summed E-state index contributed by atoms with van der Waals surface area (Å²) in [6.07, 6.45) is 1.99. The zero-order valence-electron chi connectivity index (χ0n) is 22.3. The normalized spacial score (nSPS) is 10.2. The molecule has 43 heavy (non-hydrogen) atoms. The van der Waals surface area contributed by atoms with Crippen molar-refractivity contribution in [2.24, 2.45) is 0 Å². The number of hydrogen-bond donors (Lipinski definition) is 0. The van der Waals surface area contributed by atoms with Gasteiger partial charge in [0.05, 0.1) is 11.1 Å². The Morgan fingerprint density at radius 1 is 0.628 bits per heavy atom. The molecule has 3 aromatic rings. The summed E-state index contributed by atoms with van der Waals surface area (Å²) in [5.74, 6) is -10.6. The number of carbonyl (C=O) groups is 4. The molecule has 10 nitrogen and oxygen atoms in total. The van der Waals surface area contributed by atoms with Crippen LogP contribution in [-0.2, 0) is 19.1 Å². The Labute approximate surface area is 242 Å². The number of ether oxygens (including phenoxy) is 6. The van der Waals surface area contributed by atoms with Gasteiger partial charge in [-0.15, -0.1) is 0 Å². The Hall–Kier alpha value is -5.59. The molecule has 0 fully saturated rings. The third kappa shape index (κ3) is 9.21. The van der Waals surface area contributed by atoms with Gasteiger partial charge in [0.2, 0.25) is 17.4 Å². The molecule has 0 spiro atoms. The number of carbonyl (C=O) groups excluding carboxylic acids is 4. The van der Waals surface area contributed by atoms with Crippen LogP contribution in [0.4, 0.5) is 13.2 Å². The molecule has 0 N–H and O–H groups in total. The molecule has 0 aliphatic carbocycles. The second kappa shape index (κ2) is 15.4. The average Bonchev–Trinajstić information content (AvgIpc) is 3.02. The van der Waals surface area contributed by atoms with Gasteiger partial charge < -0.3 is 28.4 Å². The summed E-state index contributed by atoms with van der Waals surface area (Å²) in [6.45, 7) is 6.43. The Morgan fingerprint density at radius 3 is 1.51 bits per heavy atom. The molecule has 0 aliphatic heterocycles. The minimum Gasteiger partial charge on any atom is -0.490 e. The van der Waals surface area contributed by atoms with Gasteiger partial charge in [-0.2, -0.15) is 8.78 Å². The monoisotopic (exact) mass is 600 g/mol. The van der Waals surface area contributed by atoms with E-state index in [2.05, 4.69) is 13.2 Å². The highest BCUT2D eigenvalue weighted by Gasteiger charge is 2.25. The molecule has 3 aromatic carbocycles. The molecule has 0 saturated heterocycles. The van der Waals surface area contributed by atoms with Gasteiger partial charge in [0, 0.05) is 18.2 Å². The largest absolute Gasteiger partial charge is 0.490 e. The van der Waals surface area contributed by atoms with Crippen molar-refractivity contribution >= 4 is 23.9 Å². The van der Waals surface area contributed by atoms with Crippen LogP contribution in [0.15, 0.2) is 79.9 Å². The molecule has 0 bridgehead atoms. The van der Waals surface area contributed by atoms with Gasteiger partial charge in [0.15, 0.2) is 11.6 Å². The smallest absolute Gasteiger partial charge is 0.343 e. The van der Waals surface area contributed by atoms with E-state index in [9.17, 15) is 32.3 Å². The fourth-order valence-electron chi connectivity index (χ4n) is 3.13. The van der Waals surface area contributed by atoms with Crippen LogP contribution >= 0.6 is 0 Å². The molecule has 0 unspecified atom stereocenters. The fraction of sp³-hybridized carbons (Fsp3) is 0.133. The molecular weight excluding hydrogens is 577 g/mol. The molecule has 13 heteroatoms. The molecule has 3 rings (SSSR count). The Morgan fingerprint density at radius 2 is 1.07 bits per heavy atom. The van der Waals surface area contributed by atoms with Crippen LogP contribution in [-0.4, -0.2) is 50.3 Å². The second-order valence-corrected chi connectivity index (χ2v) is 8.08. The summed E-state index contributed by atoms with van der Waals surface area (Å²) >= 11 is 0. The van der Waals surface area contributed by atoms with E-state index in [0.717, 1.165) is 12.2 Å². The van der Waals surface area contributed by atoms with E-state index >= 15 is 0 Å². The number of rotatable bonds is 14. The predicted molar refractivity (Wildman–Crippen MR) is 142 cm³/mol. The van der Waals surface area contributed by atoms with Gasteiger partial charge in [-0.3, -0.25) is 0 Å². The highest BCUT2D eigenvalue weighted by atomic mass is 19.2. The van der Waals surface area contributed by atoms with Gasteiger partial charge >= 0.3 is 23.9 Å². The van der Waals surface area contributed by atoms with E-state index in [0.29, 0.717) is 11.8 Å². The van der Waals surface area contributed by atoms with E-state index in [1.165, 1.54) is 48.5 Å². The maximum Gasteiger partial charge on any atom is 0.343 e. The zero-order valence-corrected chi connectivity index (χ0v) is 22.3. The summed E-state index contributed by atoms with van der Waals surface area (Å²) in [4.78, 5) is 46.8. The van der Waals surface area contributed by atoms with Gasteiger partial charge in [0.25, 0.3) is 0 Å². The van der Waals surface area contributed by atoms with Crippen molar-refractivity contribution in [1.82, 2.24) is 0 Å². The van der Waals surface area contributed by atoms with Gasteiger partial charge in [-0.05, 0) is 48.5 Å².